The second-order valence-corrected chi connectivity index (χ2v) is 2.90. The third-order valence-corrected chi connectivity index (χ3v) is 1.80. The summed E-state index contributed by atoms with van der Waals surface area (Å²) in [6.45, 7) is 0.965. The van der Waals surface area contributed by atoms with Crippen molar-refractivity contribution in [3.05, 3.63) is 0 Å². The standard InChI is InChI=1S/C4H12OSSi/c1-6-4-2-3-5-7/h2-4H2,1,7H3. The minimum atomic E-state index is 0.897. The fourth-order valence-electron chi connectivity index (χ4n) is 0.348. The molecule has 44 valence electrons. The lowest BCUT2D eigenvalue weighted by Crippen LogP contribution is -1.90. The van der Waals surface area contributed by atoms with E-state index in [0.29, 0.717) is 0 Å². The third kappa shape index (κ3) is 6.53. The van der Waals surface area contributed by atoms with Crippen molar-refractivity contribution < 1.29 is 4.43 Å². The fourth-order valence-corrected chi connectivity index (χ4v) is 1.04. The minimum Gasteiger partial charge on any atom is -0.428 e. The van der Waals surface area contributed by atoms with E-state index in [9.17, 15) is 0 Å². The van der Waals surface area contributed by atoms with Gasteiger partial charge in [0.2, 0.25) is 0 Å². The highest BCUT2D eigenvalue weighted by atomic mass is 32.2. The highest BCUT2D eigenvalue weighted by Crippen LogP contribution is 1.93. The molecule has 0 bridgehead atoms. The Labute approximate surface area is 52.4 Å². The summed E-state index contributed by atoms with van der Waals surface area (Å²) in [4.78, 5) is 0. The Bertz CT molecular complexity index is 30.9. The van der Waals surface area contributed by atoms with Crippen molar-refractivity contribution in [1.29, 1.82) is 0 Å². The van der Waals surface area contributed by atoms with Gasteiger partial charge in [-0.15, -0.1) is 0 Å². The Kier molecular flexibility index (Phi) is 7.02. The molecule has 0 heterocycles. The van der Waals surface area contributed by atoms with Gasteiger partial charge in [0.25, 0.3) is 0 Å². The van der Waals surface area contributed by atoms with E-state index in [1.165, 1.54) is 12.2 Å². The normalized spacial score (nSPS) is 9.86. The van der Waals surface area contributed by atoms with Crippen molar-refractivity contribution >= 4 is 22.2 Å². The van der Waals surface area contributed by atoms with Gasteiger partial charge in [0.05, 0.1) is 0 Å². The SMILES string of the molecule is CSCCCO[SiH3]. The van der Waals surface area contributed by atoms with Crippen molar-refractivity contribution in [1.82, 2.24) is 0 Å². The van der Waals surface area contributed by atoms with Gasteiger partial charge in [-0.2, -0.15) is 11.8 Å². The van der Waals surface area contributed by atoms with Crippen molar-refractivity contribution in [2.45, 2.75) is 6.42 Å². The van der Waals surface area contributed by atoms with Gasteiger partial charge in [0, 0.05) is 6.61 Å². The smallest absolute Gasteiger partial charge is 0.145 e. The van der Waals surface area contributed by atoms with Gasteiger partial charge >= 0.3 is 0 Å². The molecule has 0 atom stereocenters. The molecule has 0 aromatic rings. The fraction of sp³-hybridized carbons (Fsp3) is 1.00. The van der Waals surface area contributed by atoms with E-state index in [-0.39, 0.29) is 0 Å². The molecular formula is C4H12OSSi. The summed E-state index contributed by atoms with van der Waals surface area (Å²) in [7, 11) is 0.897. The predicted molar refractivity (Wildman–Crippen MR) is 38.9 cm³/mol. The molecule has 0 fully saturated rings. The Morgan fingerprint density at radius 1 is 1.71 bits per heavy atom. The second kappa shape index (κ2) is 6.53. The lowest BCUT2D eigenvalue weighted by Gasteiger charge is -1.93. The quantitative estimate of drug-likeness (QED) is 0.398. The largest absolute Gasteiger partial charge is 0.428 e. The van der Waals surface area contributed by atoms with Gasteiger partial charge in [0.1, 0.15) is 10.5 Å². The Hall–Kier alpha value is 0.527. The molecule has 0 aliphatic heterocycles. The Morgan fingerprint density at radius 2 is 2.43 bits per heavy atom. The van der Waals surface area contributed by atoms with Crippen molar-refractivity contribution in [2.75, 3.05) is 18.6 Å². The first-order valence-corrected chi connectivity index (χ1v) is 4.60. The van der Waals surface area contributed by atoms with E-state index >= 15 is 0 Å². The summed E-state index contributed by atoms with van der Waals surface area (Å²) in [5.41, 5.74) is 0. The highest BCUT2D eigenvalue weighted by Gasteiger charge is 1.79. The molecule has 0 saturated carbocycles. The third-order valence-electron chi connectivity index (χ3n) is 0.697. The van der Waals surface area contributed by atoms with Crippen LogP contribution < -0.4 is 0 Å². The Morgan fingerprint density at radius 3 is 2.86 bits per heavy atom. The molecule has 0 rings (SSSR count). The van der Waals surface area contributed by atoms with Crippen LogP contribution in [0.3, 0.4) is 0 Å². The maximum Gasteiger partial charge on any atom is 0.145 e. The molecule has 1 nitrogen and oxygen atoms in total. The summed E-state index contributed by atoms with van der Waals surface area (Å²) < 4.78 is 4.97. The van der Waals surface area contributed by atoms with Gasteiger partial charge in [0.15, 0.2) is 0 Å². The monoisotopic (exact) mass is 136 g/mol. The first-order valence-electron chi connectivity index (χ1n) is 2.39. The van der Waals surface area contributed by atoms with E-state index in [1.807, 2.05) is 11.8 Å². The van der Waals surface area contributed by atoms with E-state index in [4.69, 9.17) is 4.43 Å². The van der Waals surface area contributed by atoms with E-state index in [2.05, 4.69) is 6.26 Å². The van der Waals surface area contributed by atoms with Crippen LogP contribution in [-0.2, 0) is 4.43 Å². The molecule has 0 unspecified atom stereocenters. The van der Waals surface area contributed by atoms with Crippen LogP contribution in [0.25, 0.3) is 0 Å². The molecule has 0 N–H and O–H groups in total. The molecule has 0 aliphatic rings. The van der Waals surface area contributed by atoms with E-state index in [1.54, 1.807) is 0 Å². The van der Waals surface area contributed by atoms with Crippen LogP contribution in [-0.4, -0.2) is 29.1 Å². The average Bonchev–Trinajstić information content (AvgIpc) is 1.69. The van der Waals surface area contributed by atoms with E-state index in [0.717, 1.165) is 17.1 Å². The van der Waals surface area contributed by atoms with Gasteiger partial charge in [-0.25, -0.2) is 0 Å². The summed E-state index contributed by atoms with van der Waals surface area (Å²) in [5.74, 6) is 1.24. The molecule has 0 aromatic heterocycles. The van der Waals surface area contributed by atoms with E-state index < -0.39 is 0 Å². The summed E-state index contributed by atoms with van der Waals surface area (Å²) in [5, 5.41) is 0. The Balaban J connectivity index is 2.45. The molecule has 0 amide bonds. The number of hydrogen-bond donors (Lipinski definition) is 0. The van der Waals surface area contributed by atoms with Crippen molar-refractivity contribution in [2.24, 2.45) is 0 Å². The van der Waals surface area contributed by atoms with Crippen LogP contribution in [0.2, 0.25) is 0 Å². The molecule has 7 heavy (non-hydrogen) atoms. The molecule has 0 radical (unpaired) electrons. The predicted octanol–water partition coefficient (Wildman–Crippen LogP) is 0.0365. The van der Waals surface area contributed by atoms with Crippen molar-refractivity contribution in [3.8, 4) is 0 Å². The number of rotatable bonds is 4. The molecule has 0 aromatic carbocycles. The minimum absolute atomic E-state index is 0.897. The molecule has 3 heteroatoms. The lowest BCUT2D eigenvalue weighted by atomic mass is 10.5. The molecule has 0 saturated heterocycles. The molecular weight excluding hydrogens is 124 g/mol. The number of thioether (sulfide) groups is 1. The maximum absolute atomic E-state index is 4.97. The molecule has 0 aliphatic carbocycles. The summed E-state index contributed by atoms with van der Waals surface area (Å²) in [6, 6.07) is 0. The van der Waals surface area contributed by atoms with Crippen LogP contribution in [0.1, 0.15) is 6.42 Å². The van der Waals surface area contributed by atoms with Crippen LogP contribution in [0.5, 0.6) is 0 Å². The average molecular weight is 136 g/mol. The van der Waals surface area contributed by atoms with Crippen LogP contribution in [0.15, 0.2) is 0 Å². The maximum atomic E-state index is 4.97. The first kappa shape index (κ1) is 7.53. The second-order valence-electron chi connectivity index (χ2n) is 1.34. The first-order chi connectivity index (χ1) is 3.41. The highest BCUT2D eigenvalue weighted by molar-refractivity contribution is 7.98. The van der Waals surface area contributed by atoms with Gasteiger partial charge in [-0.1, -0.05) is 0 Å². The van der Waals surface area contributed by atoms with Crippen LogP contribution >= 0.6 is 11.8 Å². The lowest BCUT2D eigenvalue weighted by molar-refractivity contribution is 0.350. The summed E-state index contributed by atoms with van der Waals surface area (Å²) >= 11 is 1.88. The zero-order valence-electron chi connectivity index (χ0n) is 4.94. The van der Waals surface area contributed by atoms with Crippen molar-refractivity contribution in [3.63, 3.8) is 0 Å². The van der Waals surface area contributed by atoms with Gasteiger partial charge in [-0.05, 0) is 18.4 Å². The summed E-state index contributed by atoms with van der Waals surface area (Å²) in [6.07, 6.45) is 3.33. The van der Waals surface area contributed by atoms with Gasteiger partial charge < -0.3 is 4.43 Å². The zero-order valence-corrected chi connectivity index (χ0v) is 7.75. The van der Waals surface area contributed by atoms with Crippen LogP contribution in [0.4, 0.5) is 0 Å². The topological polar surface area (TPSA) is 9.23 Å². The number of hydrogen-bond acceptors (Lipinski definition) is 2. The zero-order chi connectivity index (χ0) is 5.54. The van der Waals surface area contributed by atoms with Gasteiger partial charge in [-0.3, -0.25) is 0 Å². The van der Waals surface area contributed by atoms with Crippen LogP contribution in [0, 0.1) is 0 Å². The molecule has 0 spiro atoms.